The van der Waals surface area contributed by atoms with E-state index in [0.29, 0.717) is 6.61 Å². The van der Waals surface area contributed by atoms with Gasteiger partial charge in [-0.1, -0.05) is 44.9 Å². The van der Waals surface area contributed by atoms with Gasteiger partial charge < -0.3 is 4.74 Å². The van der Waals surface area contributed by atoms with E-state index >= 15 is 0 Å². The van der Waals surface area contributed by atoms with Crippen LogP contribution in [0.5, 0.6) is 0 Å². The lowest BCUT2D eigenvalue weighted by Gasteiger charge is -1.95. The summed E-state index contributed by atoms with van der Waals surface area (Å²) in [5.74, 6) is -0.250. The third-order valence-corrected chi connectivity index (χ3v) is 1.65. The zero-order valence-electron chi connectivity index (χ0n) is 9.16. The number of carbonyl (C=O) groups is 1. The highest BCUT2D eigenvalue weighted by Gasteiger charge is 1.92. The van der Waals surface area contributed by atoms with Gasteiger partial charge in [-0.3, -0.25) is 0 Å². The largest absolute Gasteiger partial charge is 0.458 e. The molecule has 0 aromatic heterocycles. The summed E-state index contributed by atoms with van der Waals surface area (Å²) in [5, 5.41) is 0. The van der Waals surface area contributed by atoms with Gasteiger partial charge in [-0.25, -0.2) is 4.79 Å². The van der Waals surface area contributed by atoms with Gasteiger partial charge in [-0.05, 0) is 12.8 Å². The van der Waals surface area contributed by atoms with E-state index in [1.807, 2.05) is 18.2 Å². The molecule has 0 rings (SSSR count). The average molecular weight is 196 g/mol. The maximum Gasteiger partial charge on any atom is 0.330 e. The van der Waals surface area contributed by atoms with Gasteiger partial charge in [-0.15, -0.1) is 0 Å². The molecule has 0 heterocycles. The molecule has 0 aliphatic heterocycles. The van der Waals surface area contributed by atoms with Crippen LogP contribution in [0.15, 0.2) is 24.3 Å². The van der Waals surface area contributed by atoms with E-state index in [1.54, 1.807) is 0 Å². The van der Waals surface area contributed by atoms with Crippen molar-refractivity contribution in [1.29, 1.82) is 0 Å². The lowest BCUT2D eigenvalue weighted by molar-refractivity contribution is -0.136. The minimum absolute atomic E-state index is 0.250. The summed E-state index contributed by atoms with van der Waals surface area (Å²) in [5.41, 5.74) is 0. The lowest BCUT2D eigenvalue weighted by atomic mass is 10.3. The van der Waals surface area contributed by atoms with Crippen LogP contribution in [0.25, 0.3) is 0 Å². The second-order valence-corrected chi connectivity index (χ2v) is 3.08. The van der Waals surface area contributed by atoms with Gasteiger partial charge in [0.15, 0.2) is 0 Å². The molecule has 2 heteroatoms. The van der Waals surface area contributed by atoms with Crippen molar-refractivity contribution in [3.05, 3.63) is 24.3 Å². The van der Waals surface area contributed by atoms with Crippen molar-refractivity contribution in [2.24, 2.45) is 0 Å². The fraction of sp³-hybridized carbons (Fsp3) is 0.583. The van der Waals surface area contributed by atoms with Crippen LogP contribution in [-0.4, -0.2) is 12.6 Å². The van der Waals surface area contributed by atoms with Crippen molar-refractivity contribution in [3.63, 3.8) is 0 Å². The summed E-state index contributed by atoms with van der Waals surface area (Å²) < 4.78 is 4.92. The third-order valence-electron chi connectivity index (χ3n) is 1.65. The number of ether oxygens (including phenoxy) is 1. The lowest BCUT2D eigenvalue weighted by Crippen LogP contribution is -1.99. The van der Waals surface area contributed by atoms with E-state index in [4.69, 9.17) is 4.74 Å². The maximum absolute atomic E-state index is 11.0. The molecule has 0 spiro atoms. The van der Waals surface area contributed by atoms with E-state index in [-0.39, 0.29) is 5.97 Å². The van der Waals surface area contributed by atoms with Crippen molar-refractivity contribution in [1.82, 2.24) is 0 Å². The number of allylic oxidation sites excluding steroid dienone is 2. The van der Waals surface area contributed by atoms with Crippen LogP contribution < -0.4 is 0 Å². The Bertz CT molecular complexity index is 192. The standard InChI is InChI=1S/C12H20O2/c1-3-5-7-9-11-14-12(13)10-8-6-4-2/h7-10H,3-6,11H2,1-2H3/b9-7+,10-8?. The quantitative estimate of drug-likeness (QED) is 0.355. The Morgan fingerprint density at radius 1 is 1.07 bits per heavy atom. The molecule has 0 radical (unpaired) electrons. The minimum Gasteiger partial charge on any atom is -0.458 e. The van der Waals surface area contributed by atoms with E-state index in [1.165, 1.54) is 6.08 Å². The van der Waals surface area contributed by atoms with Crippen LogP contribution in [0.1, 0.15) is 39.5 Å². The van der Waals surface area contributed by atoms with Gasteiger partial charge in [-0.2, -0.15) is 0 Å². The van der Waals surface area contributed by atoms with Gasteiger partial charge >= 0.3 is 5.97 Å². The van der Waals surface area contributed by atoms with Crippen LogP contribution in [0, 0.1) is 0 Å². The van der Waals surface area contributed by atoms with Gasteiger partial charge in [0.1, 0.15) is 6.61 Å². The van der Waals surface area contributed by atoms with E-state index < -0.39 is 0 Å². The van der Waals surface area contributed by atoms with Gasteiger partial charge in [0.2, 0.25) is 0 Å². The molecule has 14 heavy (non-hydrogen) atoms. The fourth-order valence-electron chi connectivity index (χ4n) is 0.877. The zero-order valence-corrected chi connectivity index (χ0v) is 9.16. The first-order valence-electron chi connectivity index (χ1n) is 5.29. The monoisotopic (exact) mass is 196 g/mol. The van der Waals surface area contributed by atoms with Crippen LogP contribution in [0.3, 0.4) is 0 Å². The van der Waals surface area contributed by atoms with Crippen molar-refractivity contribution >= 4 is 5.97 Å². The highest BCUT2D eigenvalue weighted by Crippen LogP contribution is 1.91. The Labute approximate surface area is 86.6 Å². The summed E-state index contributed by atoms with van der Waals surface area (Å²) in [6.07, 6.45) is 11.4. The summed E-state index contributed by atoms with van der Waals surface area (Å²) in [7, 11) is 0. The topological polar surface area (TPSA) is 26.3 Å². The Morgan fingerprint density at radius 2 is 1.71 bits per heavy atom. The minimum atomic E-state index is -0.250. The van der Waals surface area contributed by atoms with Gasteiger partial charge in [0, 0.05) is 6.08 Å². The maximum atomic E-state index is 11.0. The number of esters is 1. The number of unbranched alkanes of at least 4 members (excludes halogenated alkanes) is 2. The van der Waals surface area contributed by atoms with E-state index in [9.17, 15) is 4.79 Å². The SMILES string of the molecule is CCCC=CC(=O)OC/C=C/CCC. The molecule has 0 unspecified atom stereocenters. The number of carbonyl (C=O) groups excluding carboxylic acids is 1. The molecule has 0 aliphatic carbocycles. The van der Waals surface area contributed by atoms with Gasteiger partial charge in [0.05, 0.1) is 0 Å². The normalized spacial score (nSPS) is 11.3. The Balaban J connectivity index is 3.44. The highest BCUT2D eigenvalue weighted by atomic mass is 16.5. The molecule has 2 nitrogen and oxygen atoms in total. The molecular formula is C12H20O2. The third kappa shape index (κ3) is 9.04. The van der Waals surface area contributed by atoms with Gasteiger partial charge in [0.25, 0.3) is 0 Å². The molecule has 0 N–H and O–H groups in total. The van der Waals surface area contributed by atoms with Crippen molar-refractivity contribution in [2.45, 2.75) is 39.5 Å². The first kappa shape index (κ1) is 12.9. The Morgan fingerprint density at radius 3 is 2.36 bits per heavy atom. The first-order chi connectivity index (χ1) is 6.81. The molecule has 0 aromatic rings. The predicted octanol–water partition coefficient (Wildman–Crippen LogP) is 3.24. The Hall–Kier alpha value is -1.05. The second kappa shape index (κ2) is 10.0. The van der Waals surface area contributed by atoms with Crippen LogP contribution >= 0.6 is 0 Å². The fourth-order valence-corrected chi connectivity index (χ4v) is 0.877. The van der Waals surface area contributed by atoms with E-state index in [0.717, 1.165) is 25.7 Å². The molecule has 0 atom stereocenters. The highest BCUT2D eigenvalue weighted by molar-refractivity contribution is 5.81. The predicted molar refractivity (Wildman–Crippen MR) is 59.1 cm³/mol. The smallest absolute Gasteiger partial charge is 0.330 e. The van der Waals surface area contributed by atoms with Crippen LogP contribution in [0.4, 0.5) is 0 Å². The Kier molecular flexibility index (Phi) is 9.28. The second-order valence-electron chi connectivity index (χ2n) is 3.08. The van der Waals surface area contributed by atoms with Crippen molar-refractivity contribution in [3.8, 4) is 0 Å². The summed E-state index contributed by atoms with van der Waals surface area (Å²) >= 11 is 0. The van der Waals surface area contributed by atoms with Crippen LogP contribution in [-0.2, 0) is 9.53 Å². The molecule has 0 saturated carbocycles. The molecule has 0 amide bonds. The summed E-state index contributed by atoms with van der Waals surface area (Å²) in [4.78, 5) is 11.0. The van der Waals surface area contributed by atoms with E-state index in [2.05, 4.69) is 13.8 Å². The summed E-state index contributed by atoms with van der Waals surface area (Å²) in [6.45, 7) is 4.57. The molecule has 0 saturated heterocycles. The molecule has 0 aliphatic rings. The molecule has 0 aromatic carbocycles. The first-order valence-corrected chi connectivity index (χ1v) is 5.29. The number of rotatable bonds is 7. The number of hydrogen-bond donors (Lipinski definition) is 0. The molecular weight excluding hydrogens is 176 g/mol. The molecule has 0 bridgehead atoms. The zero-order chi connectivity index (χ0) is 10.6. The van der Waals surface area contributed by atoms with Crippen LogP contribution in [0.2, 0.25) is 0 Å². The summed E-state index contributed by atoms with van der Waals surface area (Å²) in [6, 6.07) is 0. The van der Waals surface area contributed by atoms with Crippen molar-refractivity contribution < 1.29 is 9.53 Å². The molecule has 0 fully saturated rings. The average Bonchev–Trinajstić information content (AvgIpc) is 2.18. The molecule has 80 valence electrons. The number of hydrogen-bond acceptors (Lipinski definition) is 2. The van der Waals surface area contributed by atoms with Crippen molar-refractivity contribution in [2.75, 3.05) is 6.61 Å².